The molecule has 0 atom stereocenters. The highest BCUT2D eigenvalue weighted by molar-refractivity contribution is 7.93. The molecular formula is C13H11Cl2FN2O2S. The van der Waals surface area contributed by atoms with Crippen molar-refractivity contribution in [1.29, 1.82) is 0 Å². The molecule has 0 saturated heterocycles. The van der Waals surface area contributed by atoms with Gasteiger partial charge in [-0.1, -0.05) is 35.3 Å². The summed E-state index contributed by atoms with van der Waals surface area (Å²) in [4.78, 5) is 0.0314. The summed E-state index contributed by atoms with van der Waals surface area (Å²) < 4.78 is 40.2. The van der Waals surface area contributed by atoms with Crippen LogP contribution in [-0.2, 0) is 10.0 Å². The lowest BCUT2D eigenvalue weighted by Crippen LogP contribution is -2.15. The van der Waals surface area contributed by atoms with Crippen LogP contribution in [0.2, 0.25) is 10.0 Å². The molecule has 2 aromatic carbocycles. The van der Waals surface area contributed by atoms with Gasteiger partial charge in [-0.25, -0.2) is 12.8 Å². The van der Waals surface area contributed by atoms with Gasteiger partial charge in [-0.2, -0.15) is 0 Å². The topological polar surface area (TPSA) is 58.2 Å². The Kier molecular flexibility index (Phi) is 4.61. The predicted octanol–water partition coefficient (Wildman–Crippen LogP) is 3.98. The van der Waals surface area contributed by atoms with Crippen LogP contribution < -0.4 is 10.0 Å². The molecule has 0 aromatic heterocycles. The Morgan fingerprint density at radius 1 is 1.10 bits per heavy atom. The first-order valence-corrected chi connectivity index (χ1v) is 8.03. The maximum absolute atomic E-state index is 13.1. The molecule has 2 N–H and O–H groups in total. The maximum atomic E-state index is 13.1. The van der Waals surface area contributed by atoms with Crippen molar-refractivity contribution in [2.24, 2.45) is 0 Å². The minimum atomic E-state index is -3.92. The van der Waals surface area contributed by atoms with Gasteiger partial charge in [-0.15, -0.1) is 0 Å². The Hall–Kier alpha value is -1.50. The van der Waals surface area contributed by atoms with E-state index in [4.69, 9.17) is 23.2 Å². The lowest BCUT2D eigenvalue weighted by Gasteiger charge is -2.14. The van der Waals surface area contributed by atoms with Crippen molar-refractivity contribution >= 4 is 44.6 Å². The minimum Gasteiger partial charge on any atom is -0.387 e. The lowest BCUT2D eigenvalue weighted by atomic mass is 10.3. The third-order valence-electron chi connectivity index (χ3n) is 2.69. The fraction of sp³-hybridized carbons (Fsp3) is 0.0769. The van der Waals surface area contributed by atoms with E-state index in [-0.39, 0.29) is 20.6 Å². The maximum Gasteiger partial charge on any atom is 0.264 e. The van der Waals surface area contributed by atoms with Gasteiger partial charge >= 0.3 is 0 Å². The number of sulfonamides is 1. The summed E-state index contributed by atoms with van der Waals surface area (Å²) >= 11 is 11.7. The van der Waals surface area contributed by atoms with Crippen LogP contribution in [-0.4, -0.2) is 15.5 Å². The van der Waals surface area contributed by atoms with E-state index in [1.54, 1.807) is 25.2 Å². The first-order chi connectivity index (χ1) is 9.85. The zero-order valence-electron chi connectivity index (χ0n) is 10.8. The van der Waals surface area contributed by atoms with Crippen LogP contribution in [0.3, 0.4) is 0 Å². The van der Waals surface area contributed by atoms with E-state index in [1.807, 2.05) is 0 Å². The van der Waals surface area contributed by atoms with Gasteiger partial charge in [0.25, 0.3) is 10.0 Å². The highest BCUT2D eigenvalue weighted by Gasteiger charge is 2.21. The Labute approximate surface area is 131 Å². The van der Waals surface area contributed by atoms with Gasteiger partial charge in [-0.3, -0.25) is 4.72 Å². The predicted molar refractivity (Wildman–Crippen MR) is 83.2 cm³/mol. The Bertz CT molecular complexity index is 758. The van der Waals surface area contributed by atoms with Crippen LogP contribution in [0.15, 0.2) is 41.3 Å². The molecule has 0 saturated carbocycles. The normalized spacial score (nSPS) is 11.2. The lowest BCUT2D eigenvalue weighted by molar-refractivity contribution is 0.601. The average molecular weight is 349 g/mol. The highest BCUT2D eigenvalue weighted by atomic mass is 35.5. The zero-order valence-corrected chi connectivity index (χ0v) is 13.2. The van der Waals surface area contributed by atoms with Gasteiger partial charge in [0.1, 0.15) is 10.7 Å². The monoisotopic (exact) mass is 348 g/mol. The standard InChI is InChI=1S/C13H11Cl2FN2O2S/c1-17-11-4-2-3-5-12(11)21(19,20)18-13-9(14)6-8(16)7-10(13)15/h2-7,17-18H,1H3. The molecule has 4 nitrogen and oxygen atoms in total. The second-order valence-electron chi connectivity index (χ2n) is 4.10. The molecule has 0 aliphatic carbocycles. The fourth-order valence-corrected chi connectivity index (χ4v) is 3.72. The quantitative estimate of drug-likeness (QED) is 0.878. The van der Waals surface area contributed by atoms with Crippen LogP contribution in [0.4, 0.5) is 15.8 Å². The molecule has 0 bridgehead atoms. The second-order valence-corrected chi connectivity index (χ2v) is 6.56. The third kappa shape index (κ3) is 3.40. The van der Waals surface area contributed by atoms with Crippen molar-refractivity contribution in [1.82, 2.24) is 0 Å². The largest absolute Gasteiger partial charge is 0.387 e. The van der Waals surface area contributed by atoms with Crippen LogP contribution in [0.25, 0.3) is 0 Å². The van der Waals surface area contributed by atoms with Crippen LogP contribution >= 0.6 is 23.2 Å². The zero-order chi connectivity index (χ0) is 15.6. The van der Waals surface area contributed by atoms with Crippen molar-refractivity contribution in [2.45, 2.75) is 4.90 Å². The Morgan fingerprint density at radius 2 is 1.67 bits per heavy atom. The molecule has 0 aliphatic heterocycles. The van der Waals surface area contributed by atoms with E-state index in [9.17, 15) is 12.8 Å². The molecule has 2 rings (SSSR count). The molecule has 2 aromatic rings. The SMILES string of the molecule is CNc1ccccc1S(=O)(=O)Nc1c(Cl)cc(F)cc1Cl. The summed E-state index contributed by atoms with van der Waals surface area (Å²) in [6, 6.07) is 8.29. The molecule has 0 aliphatic rings. The molecule has 0 unspecified atom stereocenters. The van der Waals surface area contributed by atoms with Crippen LogP contribution in [0.5, 0.6) is 0 Å². The van der Waals surface area contributed by atoms with Crippen LogP contribution in [0.1, 0.15) is 0 Å². The van der Waals surface area contributed by atoms with E-state index >= 15 is 0 Å². The van der Waals surface area contributed by atoms with Gasteiger partial charge in [0, 0.05) is 7.05 Å². The summed E-state index contributed by atoms with van der Waals surface area (Å²) in [6.45, 7) is 0. The number of halogens is 3. The fourth-order valence-electron chi connectivity index (χ4n) is 1.74. The van der Waals surface area contributed by atoms with Gasteiger partial charge in [0.05, 0.1) is 21.4 Å². The molecule has 0 radical (unpaired) electrons. The second kappa shape index (κ2) is 6.09. The summed E-state index contributed by atoms with van der Waals surface area (Å²) in [5.74, 6) is -0.649. The Morgan fingerprint density at radius 3 is 2.24 bits per heavy atom. The van der Waals surface area contributed by atoms with Crippen molar-refractivity contribution in [2.75, 3.05) is 17.1 Å². The minimum absolute atomic E-state index is 0.0314. The van der Waals surface area contributed by atoms with Crippen molar-refractivity contribution in [3.8, 4) is 0 Å². The highest BCUT2D eigenvalue weighted by Crippen LogP contribution is 2.34. The first-order valence-electron chi connectivity index (χ1n) is 5.79. The molecule has 0 fully saturated rings. The van der Waals surface area contributed by atoms with Gasteiger partial charge in [0.15, 0.2) is 0 Å². The number of hydrogen-bond donors (Lipinski definition) is 2. The summed E-state index contributed by atoms with van der Waals surface area (Å²) in [7, 11) is -2.31. The number of rotatable bonds is 4. The van der Waals surface area contributed by atoms with E-state index in [1.165, 1.54) is 6.07 Å². The molecule has 21 heavy (non-hydrogen) atoms. The van der Waals surface area contributed by atoms with Crippen LogP contribution in [0, 0.1) is 5.82 Å². The van der Waals surface area contributed by atoms with Gasteiger partial charge < -0.3 is 5.32 Å². The van der Waals surface area contributed by atoms with E-state index in [0.29, 0.717) is 5.69 Å². The van der Waals surface area contributed by atoms with Crippen molar-refractivity contribution in [3.05, 3.63) is 52.3 Å². The van der Waals surface area contributed by atoms with E-state index in [2.05, 4.69) is 10.0 Å². The number of hydrogen-bond acceptors (Lipinski definition) is 3. The summed E-state index contributed by atoms with van der Waals surface area (Å²) in [5, 5.41) is 2.54. The number of para-hydroxylation sites is 1. The van der Waals surface area contributed by atoms with E-state index in [0.717, 1.165) is 12.1 Å². The molecular weight excluding hydrogens is 338 g/mol. The molecule has 0 spiro atoms. The third-order valence-corrected chi connectivity index (χ3v) is 4.69. The van der Waals surface area contributed by atoms with Crippen molar-refractivity contribution < 1.29 is 12.8 Å². The first kappa shape index (κ1) is 15.9. The van der Waals surface area contributed by atoms with Gasteiger partial charge in [-0.05, 0) is 24.3 Å². The number of benzene rings is 2. The molecule has 112 valence electrons. The average Bonchev–Trinajstić information content (AvgIpc) is 2.43. The molecule has 0 heterocycles. The van der Waals surface area contributed by atoms with Crippen molar-refractivity contribution in [3.63, 3.8) is 0 Å². The van der Waals surface area contributed by atoms with Gasteiger partial charge in [0.2, 0.25) is 0 Å². The van der Waals surface area contributed by atoms with E-state index < -0.39 is 15.8 Å². The summed E-state index contributed by atoms with van der Waals surface area (Å²) in [5.41, 5.74) is 0.352. The summed E-state index contributed by atoms with van der Waals surface area (Å²) in [6.07, 6.45) is 0. The Balaban J connectivity index is 2.48. The molecule has 8 heteroatoms. The number of anilines is 2. The molecule has 0 amide bonds. The number of nitrogens with one attached hydrogen (secondary N) is 2. The smallest absolute Gasteiger partial charge is 0.264 e.